The highest BCUT2D eigenvalue weighted by Gasteiger charge is 2.20. The largest absolute Gasteiger partial charge is 0.481 e. The molecule has 15 heteroatoms. The van der Waals surface area contributed by atoms with Gasteiger partial charge in [-0.1, -0.05) is 64.1 Å². The molecular weight excluding hydrogens is 950 g/mol. The third kappa shape index (κ3) is 13.1. The normalized spacial score (nSPS) is 10.8. The van der Waals surface area contributed by atoms with Crippen molar-refractivity contribution in [3.8, 4) is 34.0 Å². The minimum absolute atomic E-state index is 0.147. The first-order valence-corrected chi connectivity index (χ1v) is 22.3. The van der Waals surface area contributed by atoms with Crippen LogP contribution in [0.15, 0.2) is 132 Å². The quantitative estimate of drug-likeness (QED) is 0.0809. The molecule has 0 aliphatic carbocycles. The van der Waals surface area contributed by atoms with Crippen molar-refractivity contribution in [1.82, 2.24) is 40.3 Å². The molecule has 10 nitrogen and oxygen atoms in total. The van der Waals surface area contributed by atoms with E-state index in [-0.39, 0.29) is 23.5 Å². The summed E-state index contributed by atoms with van der Waals surface area (Å²) in [6.45, 7) is 8.21. The monoisotopic (exact) mass is 996 g/mol. The molecule has 8 rings (SSSR count). The summed E-state index contributed by atoms with van der Waals surface area (Å²) in [4.78, 5) is 18.3. The summed E-state index contributed by atoms with van der Waals surface area (Å²) in [5.74, 6) is 2.18. The Kier molecular flexibility index (Phi) is 16.7. The van der Waals surface area contributed by atoms with E-state index in [1.165, 1.54) is 21.4 Å². The lowest BCUT2D eigenvalue weighted by atomic mass is 9.88. The van der Waals surface area contributed by atoms with E-state index in [4.69, 9.17) is 21.7 Å². The molecule has 3 N–H and O–H groups in total. The van der Waals surface area contributed by atoms with Gasteiger partial charge in [-0.2, -0.15) is 0 Å². The SMILES string of the molecule is COc1cc(-c2cc(F)cc(C(C)C)c2Cc2nc(=S)[nH][nH]2)ccn1.COc1cc(-c2cc(F)cc(C(C)C)c2Cc2nc(Sc3ccccc3)n[nH]2)ccn1.Ic1ccccc1. The number of hydrogen-bond acceptors (Lipinski definition) is 9. The summed E-state index contributed by atoms with van der Waals surface area (Å²) in [5, 5.41) is 13.8. The Morgan fingerprint density at radius 3 is 1.60 bits per heavy atom. The molecule has 0 saturated carbocycles. The molecule has 0 spiro atoms. The van der Waals surface area contributed by atoms with Crippen LogP contribution >= 0.6 is 46.6 Å². The van der Waals surface area contributed by atoms with Crippen molar-refractivity contribution in [3.63, 3.8) is 0 Å². The van der Waals surface area contributed by atoms with Gasteiger partial charge in [-0.3, -0.25) is 15.3 Å². The van der Waals surface area contributed by atoms with Gasteiger partial charge in [0.25, 0.3) is 0 Å². The van der Waals surface area contributed by atoms with E-state index >= 15 is 0 Å². The minimum Gasteiger partial charge on any atom is -0.481 e. The number of benzene rings is 4. The fraction of sp³-hybridized carbons (Fsp3) is 0.208. The number of H-pyrrole nitrogens is 3. The van der Waals surface area contributed by atoms with Gasteiger partial charge in [0.05, 0.1) is 14.2 Å². The standard InChI is InChI=1S/C24H23FN4OS.C18H19FN4OS.C6H5I/c1-15(2)19-12-17(25)13-20(16-9-10-26-23(11-16)30-3)21(19)14-22-27-24(29-28-22)31-18-7-5-4-6-8-18;1-10(2)13-7-12(19)8-14(11-4-5-20-17(6-11)24-3)15(13)9-16-21-18(25)23-22-16;7-6-4-2-1-3-5-6/h4-13,15H,14H2,1-3H3,(H,27,28,29);4-8,10H,9H2,1-3H3,(H2,21,22,23,25);1-5H. The predicted octanol–water partition coefficient (Wildman–Crippen LogP) is 12.6. The lowest BCUT2D eigenvalue weighted by Crippen LogP contribution is -2.04. The van der Waals surface area contributed by atoms with Crippen LogP contribution in [-0.4, -0.2) is 54.6 Å². The predicted molar refractivity (Wildman–Crippen MR) is 256 cm³/mol. The topological polar surface area (TPSA) is 130 Å². The number of hydrogen-bond donors (Lipinski definition) is 3. The number of rotatable bonds is 12. The molecule has 0 unspecified atom stereocenters. The Bertz CT molecular complexity index is 2780. The van der Waals surface area contributed by atoms with Gasteiger partial charge in [0.15, 0.2) is 0 Å². The van der Waals surface area contributed by atoms with Crippen LogP contribution in [0.5, 0.6) is 11.8 Å². The van der Waals surface area contributed by atoms with Crippen LogP contribution in [0, 0.1) is 20.0 Å². The van der Waals surface area contributed by atoms with Gasteiger partial charge >= 0.3 is 0 Å². The van der Waals surface area contributed by atoms with Gasteiger partial charge in [0.2, 0.25) is 21.7 Å². The van der Waals surface area contributed by atoms with Gasteiger partial charge in [0.1, 0.15) is 23.3 Å². The average molecular weight is 997 g/mol. The maximum absolute atomic E-state index is 14.5. The van der Waals surface area contributed by atoms with E-state index in [9.17, 15) is 8.78 Å². The molecule has 0 amide bonds. The van der Waals surface area contributed by atoms with Crippen LogP contribution in [0.1, 0.15) is 73.4 Å². The van der Waals surface area contributed by atoms with E-state index in [0.29, 0.717) is 40.4 Å². The molecule has 0 aliphatic heterocycles. The molecule has 63 heavy (non-hydrogen) atoms. The second-order valence-corrected chi connectivity index (χ2v) is 17.4. The number of nitrogens with one attached hydrogen (secondary N) is 3. The van der Waals surface area contributed by atoms with Crippen molar-refractivity contribution < 1.29 is 18.3 Å². The molecule has 0 atom stereocenters. The number of methoxy groups -OCH3 is 2. The molecule has 0 radical (unpaired) electrons. The van der Waals surface area contributed by atoms with Gasteiger partial charge in [-0.15, -0.1) is 5.10 Å². The van der Waals surface area contributed by atoms with Crippen molar-refractivity contribution >= 4 is 46.6 Å². The van der Waals surface area contributed by atoms with Gasteiger partial charge < -0.3 is 9.47 Å². The number of halogens is 3. The first kappa shape index (κ1) is 46.7. The molecule has 8 aromatic rings. The average Bonchev–Trinajstić information content (AvgIpc) is 3.92. The van der Waals surface area contributed by atoms with Crippen molar-refractivity contribution in [2.24, 2.45) is 0 Å². The van der Waals surface area contributed by atoms with Gasteiger partial charge in [-0.05, 0) is 164 Å². The molecule has 4 aromatic carbocycles. The van der Waals surface area contributed by atoms with Crippen LogP contribution in [0.2, 0.25) is 0 Å². The van der Waals surface area contributed by atoms with Crippen molar-refractivity contribution in [1.29, 1.82) is 0 Å². The first-order valence-electron chi connectivity index (χ1n) is 20.0. The highest BCUT2D eigenvalue weighted by Crippen LogP contribution is 2.36. The first-order chi connectivity index (χ1) is 30.4. The number of aromatic amines is 3. The van der Waals surface area contributed by atoms with Crippen molar-refractivity contribution in [2.75, 3.05) is 14.2 Å². The van der Waals surface area contributed by atoms with Crippen LogP contribution in [0.25, 0.3) is 22.3 Å². The molecular formula is C48H47F2IN8O2S2. The van der Waals surface area contributed by atoms with Crippen LogP contribution in [0.4, 0.5) is 8.78 Å². The molecule has 324 valence electrons. The zero-order valence-corrected chi connectivity index (χ0v) is 39.4. The zero-order chi connectivity index (χ0) is 44.9. The van der Waals surface area contributed by atoms with Crippen molar-refractivity contribution in [3.05, 3.63) is 175 Å². The number of nitrogens with zero attached hydrogens (tertiary/aromatic N) is 5. The smallest absolute Gasteiger partial charge is 0.213 e. The van der Waals surface area contributed by atoms with Gasteiger partial charge in [0, 0.05) is 45.8 Å². The maximum atomic E-state index is 14.5. The van der Waals surface area contributed by atoms with Crippen LogP contribution < -0.4 is 9.47 Å². The maximum Gasteiger partial charge on any atom is 0.213 e. The third-order valence-electron chi connectivity index (χ3n) is 9.69. The van der Waals surface area contributed by atoms with E-state index in [1.807, 2.05) is 80.6 Å². The van der Waals surface area contributed by atoms with E-state index in [2.05, 4.69) is 88.9 Å². The zero-order valence-electron chi connectivity index (χ0n) is 35.6. The molecule has 4 heterocycles. The van der Waals surface area contributed by atoms with Crippen LogP contribution in [-0.2, 0) is 12.8 Å². The third-order valence-corrected chi connectivity index (χ3v) is 11.5. The number of ether oxygens (including phenoxy) is 2. The molecule has 0 saturated heterocycles. The second-order valence-electron chi connectivity index (χ2n) is 14.8. The van der Waals surface area contributed by atoms with E-state index in [0.717, 1.165) is 55.2 Å². The molecule has 0 fully saturated rings. The highest BCUT2D eigenvalue weighted by molar-refractivity contribution is 14.1. The Balaban J connectivity index is 0.000000184. The van der Waals surface area contributed by atoms with Crippen molar-refractivity contribution in [2.45, 2.75) is 62.4 Å². The Hall–Kier alpha value is -5.78. The molecule has 4 aromatic heterocycles. The molecule has 0 aliphatic rings. The lowest BCUT2D eigenvalue weighted by molar-refractivity contribution is 0.398. The Morgan fingerprint density at radius 1 is 0.651 bits per heavy atom. The summed E-state index contributed by atoms with van der Waals surface area (Å²) >= 11 is 8.81. The fourth-order valence-electron chi connectivity index (χ4n) is 6.77. The van der Waals surface area contributed by atoms with Crippen LogP contribution in [0.3, 0.4) is 0 Å². The number of pyridine rings is 2. The minimum atomic E-state index is -0.270. The van der Waals surface area contributed by atoms with E-state index in [1.54, 1.807) is 50.9 Å². The summed E-state index contributed by atoms with van der Waals surface area (Å²) in [6, 6.07) is 33.8. The highest BCUT2D eigenvalue weighted by atomic mass is 127. The van der Waals surface area contributed by atoms with E-state index < -0.39 is 0 Å². The van der Waals surface area contributed by atoms with Gasteiger partial charge in [-0.25, -0.2) is 28.7 Å². The summed E-state index contributed by atoms with van der Waals surface area (Å²) in [7, 11) is 3.13. The lowest BCUT2D eigenvalue weighted by Gasteiger charge is -2.18. The summed E-state index contributed by atoms with van der Waals surface area (Å²) in [6.07, 6.45) is 4.35. The summed E-state index contributed by atoms with van der Waals surface area (Å²) < 4.78 is 41.0. The summed E-state index contributed by atoms with van der Waals surface area (Å²) in [5.41, 5.74) is 7.19. The fourth-order valence-corrected chi connectivity index (χ4v) is 8.09. The Morgan fingerprint density at radius 2 is 1.16 bits per heavy atom. The molecule has 0 bridgehead atoms. The number of aromatic nitrogens is 8. The second kappa shape index (κ2) is 22.5. The Labute approximate surface area is 388 Å².